The molecular weight excluding hydrogens is 312 g/mol. The highest BCUT2D eigenvalue weighted by atomic mass is 15.3. The van der Waals surface area contributed by atoms with Crippen LogP contribution in [0.1, 0.15) is 44.1 Å². The maximum Gasteiger partial charge on any atom is 0.155 e. The molecule has 4 rings (SSSR count). The highest BCUT2D eigenvalue weighted by molar-refractivity contribution is 5.91. The zero-order chi connectivity index (χ0) is 17.4. The molecule has 1 aliphatic heterocycles. The Balaban J connectivity index is 1.76. The lowest BCUT2D eigenvalue weighted by atomic mass is 10.1. The molecule has 6 heteroatoms. The smallest absolute Gasteiger partial charge is 0.155 e. The van der Waals surface area contributed by atoms with Crippen molar-refractivity contribution >= 4 is 16.7 Å². The lowest BCUT2D eigenvalue weighted by molar-refractivity contribution is 0.487. The van der Waals surface area contributed by atoms with Crippen LogP contribution in [-0.2, 0) is 6.54 Å². The van der Waals surface area contributed by atoms with Crippen molar-refractivity contribution in [2.24, 2.45) is 5.92 Å². The van der Waals surface area contributed by atoms with Crippen LogP contribution >= 0.6 is 0 Å². The first kappa shape index (κ1) is 16.0. The summed E-state index contributed by atoms with van der Waals surface area (Å²) in [6.07, 6.45) is 5.75. The zero-order valence-electron chi connectivity index (χ0n) is 15.1. The molecule has 1 fully saturated rings. The van der Waals surface area contributed by atoms with Gasteiger partial charge in [-0.25, -0.2) is 9.97 Å². The summed E-state index contributed by atoms with van der Waals surface area (Å²) in [6.45, 7) is 8.46. The van der Waals surface area contributed by atoms with Gasteiger partial charge >= 0.3 is 0 Å². The van der Waals surface area contributed by atoms with E-state index in [-0.39, 0.29) is 6.04 Å². The Labute approximate surface area is 147 Å². The van der Waals surface area contributed by atoms with Crippen LogP contribution in [0.15, 0.2) is 30.9 Å². The van der Waals surface area contributed by atoms with Crippen molar-refractivity contribution < 1.29 is 0 Å². The van der Waals surface area contributed by atoms with Gasteiger partial charge in [-0.1, -0.05) is 26.0 Å². The third-order valence-corrected chi connectivity index (χ3v) is 4.88. The van der Waals surface area contributed by atoms with Crippen LogP contribution in [-0.4, -0.2) is 31.3 Å². The van der Waals surface area contributed by atoms with Crippen LogP contribution in [0.4, 0.5) is 5.82 Å². The van der Waals surface area contributed by atoms with Gasteiger partial charge in [0.25, 0.3) is 0 Å². The maximum atomic E-state index is 4.64. The second-order valence-corrected chi connectivity index (χ2v) is 7.26. The molecule has 130 valence electrons. The minimum absolute atomic E-state index is 0.222. The Morgan fingerprint density at radius 1 is 1.24 bits per heavy atom. The minimum atomic E-state index is 0.222. The van der Waals surface area contributed by atoms with Crippen molar-refractivity contribution in [3.8, 4) is 0 Å². The van der Waals surface area contributed by atoms with Crippen molar-refractivity contribution in [3.63, 3.8) is 0 Å². The summed E-state index contributed by atoms with van der Waals surface area (Å²) in [5.74, 6) is 2.62. The number of para-hydroxylation sites is 1. The van der Waals surface area contributed by atoms with Gasteiger partial charge in [-0.15, -0.1) is 10.2 Å². The Morgan fingerprint density at radius 2 is 2.12 bits per heavy atom. The lowest BCUT2D eigenvalue weighted by Gasteiger charge is -2.26. The molecule has 1 unspecified atom stereocenters. The number of anilines is 1. The topological polar surface area (TPSA) is 59.7 Å². The minimum Gasteiger partial charge on any atom is -0.346 e. The Hall–Kier alpha value is -2.50. The second kappa shape index (κ2) is 6.43. The van der Waals surface area contributed by atoms with Gasteiger partial charge in [0.1, 0.15) is 18.5 Å². The third kappa shape index (κ3) is 2.86. The number of rotatable bonds is 4. The predicted molar refractivity (Wildman–Crippen MR) is 98.5 cm³/mol. The van der Waals surface area contributed by atoms with Crippen molar-refractivity contribution in [1.29, 1.82) is 0 Å². The molecule has 0 amide bonds. The summed E-state index contributed by atoms with van der Waals surface area (Å²) in [6, 6.07) is 6.52. The van der Waals surface area contributed by atoms with Crippen LogP contribution in [0, 0.1) is 12.8 Å². The monoisotopic (exact) mass is 336 g/mol. The molecular formula is C19H24N6. The molecule has 1 atom stereocenters. The number of benzene rings is 1. The Morgan fingerprint density at radius 3 is 2.96 bits per heavy atom. The lowest BCUT2D eigenvalue weighted by Crippen LogP contribution is -2.27. The van der Waals surface area contributed by atoms with E-state index < -0.39 is 0 Å². The van der Waals surface area contributed by atoms with E-state index in [1.54, 1.807) is 6.33 Å². The van der Waals surface area contributed by atoms with Crippen LogP contribution < -0.4 is 4.90 Å². The highest BCUT2D eigenvalue weighted by Gasteiger charge is 2.32. The predicted octanol–water partition coefficient (Wildman–Crippen LogP) is 3.53. The summed E-state index contributed by atoms with van der Waals surface area (Å²) in [5.41, 5.74) is 2.21. The Bertz CT molecular complexity index is 885. The molecule has 0 saturated carbocycles. The fourth-order valence-electron chi connectivity index (χ4n) is 3.80. The summed E-state index contributed by atoms with van der Waals surface area (Å²) < 4.78 is 2.20. The molecule has 1 aromatic carbocycles. The number of aryl methyl sites for hydroxylation is 1. The van der Waals surface area contributed by atoms with Gasteiger partial charge < -0.3 is 9.47 Å². The molecule has 2 aromatic heterocycles. The van der Waals surface area contributed by atoms with E-state index in [1.165, 1.54) is 5.56 Å². The van der Waals surface area contributed by atoms with E-state index in [9.17, 15) is 0 Å². The zero-order valence-corrected chi connectivity index (χ0v) is 15.1. The molecule has 0 spiro atoms. The third-order valence-electron chi connectivity index (χ3n) is 4.88. The number of nitrogens with zero attached hydrogens (tertiary/aromatic N) is 6. The normalized spacial score (nSPS) is 17.8. The van der Waals surface area contributed by atoms with Gasteiger partial charge in [0, 0.05) is 18.5 Å². The number of aromatic nitrogens is 5. The summed E-state index contributed by atoms with van der Waals surface area (Å²) in [7, 11) is 0. The van der Waals surface area contributed by atoms with Gasteiger partial charge in [0.05, 0.1) is 11.6 Å². The maximum absolute atomic E-state index is 4.64. The van der Waals surface area contributed by atoms with Gasteiger partial charge in [-0.05, 0) is 37.3 Å². The first-order chi connectivity index (χ1) is 12.1. The molecule has 0 radical (unpaired) electrons. The van der Waals surface area contributed by atoms with Gasteiger partial charge in [-0.2, -0.15) is 0 Å². The molecule has 1 aliphatic rings. The van der Waals surface area contributed by atoms with Gasteiger partial charge in [0.2, 0.25) is 0 Å². The van der Waals surface area contributed by atoms with E-state index in [4.69, 9.17) is 0 Å². The Kier molecular flexibility index (Phi) is 4.11. The van der Waals surface area contributed by atoms with Crippen LogP contribution in [0.5, 0.6) is 0 Å². The largest absolute Gasteiger partial charge is 0.346 e. The average molecular weight is 336 g/mol. The van der Waals surface area contributed by atoms with Crippen LogP contribution in [0.3, 0.4) is 0 Å². The van der Waals surface area contributed by atoms with Gasteiger partial charge in [-0.3, -0.25) is 0 Å². The summed E-state index contributed by atoms with van der Waals surface area (Å²) in [4.78, 5) is 11.5. The highest BCUT2D eigenvalue weighted by Crippen LogP contribution is 2.37. The molecule has 3 aromatic rings. The van der Waals surface area contributed by atoms with E-state index in [0.717, 1.165) is 48.5 Å². The van der Waals surface area contributed by atoms with Crippen molar-refractivity contribution in [3.05, 3.63) is 42.2 Å². The van der Waals surface area contributed by atoms with Gasteiger partial charge in [0.15, 0.2) is 5.82 Å². The second-order valence-electron chi connectivity index (χ2n) is 7.26. The molecule has 0 bridgehead atoms. The standard InChI is InChI=1S/C19H24N6/c1-13(2)10-24-12-22-23-19(24)16-8-5-9-25(16)18-15-7-4-6-14(3)17(15)20-11-21-18/h4,6-7,11-13,16H,5,8-10H2,1-3H3. The van der Waals surface area contributed by atoms with Crippen molar-refractivity contribution in [1.82, 2.24) is 24.7 Å². The molecule has 0 N–H and O–H groups in total. The first-order valence-electron chi connectivity index (χ1n) is 9.00. The SMILES string of the molecule is Cc1cccc2c(N3CCCC3c3nncn3CC(C)C)ncnc12. The number of hydrogen-bond donors (Lipinski definition) is 0. The number of hydrogen-bond acceptors (Lipinski definition) is 5. The summed E-state index contributed by atoms with van der Waals surface area (Å²) in [5, 5.41) is 9.75. The van der Waals surface area contributed by atoms with E-state index in [0.29, 0.717) is 5.92 Å². The van der Waals surface area contributed by atoms with E-state index in [2.05, 4.69) is 68.6 Å². The summed E-state index contributed by atoms with van der Waals surface area (Å²) >= 11 is 0. The van der Waals surface area contributed by atoms with E-state index >= 15 is 0 Å². The van der Waals surface area contributed by atoms with E-state index in [1.807, 2.05) is 6.33 Å². The first-order valence-corrected chi connectivity index (χ1v) is 9.00. The van der Waals surface area contributed by atoms with Crippen LogP contribution in [0.25, 0.3) is 10.9 Å². The van der Waals surface area contributed by atoms with Crippen LogP contribution in [0.2, 0.25) is 0 Å². The quantitative estimate of drug-likeness (QED) is 0.729. The fraction of sp³-hybridized carbons (Fsp3) is 0.474. The molecule has 1 saturated heterocycles. The molecule has 6 nitrogen and oxygen atoms in total. The molecule has 0 aliphatic carbocycles. The number of fused-ring (bicyclic) bond motifs is 1. The van der Waals surface area contributed by atoms with Crippen molar-refractivity contribution in [2.45, 2.75) is 46.2 Å². The molecule has 3 heterocycles. The van der Waals surface area contributed by atoms with Crippen molar-refractivity contribution in [2.75, 3.05) is 11.4 Å². The average Bonchev–Trinajstić information content (AvgIpc) is 3.23. The fourth-order valence-corrected chi connectivity index (χ4v) is 3.80. The molecule has 25 heavy (non-hydrogen) atoms.